The van der Waals surface area contributed by atoms with Crippen LogP contribution in [0.1, 0.15) is 6.92 Å². The van der Waals surface area contributed by atoms with Crippen molar-refractivity contribution in [2.45, 2.75) is 13.5 Å². The zero-order chi connectivity index (χ0) is 25.7. The fourth-order valence-corrected chi connectivity index (χ4v) is 8.27. The van der Waals surface area contributed by atoms with Gasteiger partial charge in [-0.15, -0.1) is 0 Å². The fourth-order valence-electron chi connectivity index (χ4n) is 5.43. The van der Waals surface area contributed by atoms with Gasteiger partial charge in [-0.3, -0.25) is 0 Å². The Kier molecular flexibility index (Phi) is 5.31. The minimum atomic E-state index is -3.06. The van der Waals surface area contributed by atoms with Crippen LogP contribution in [0.15, 0.2) is 121 Å². The Balaban J connectivity index is 1.30. The highest BCUT2D eigenvalue weighted by molar-refractivity contribution is 7.85. The largest absolute Gasteiger partial charge is 0.456 e. The summed E-state index contributed by atoms with van der Waals surface area (Å²) in [4.78, 5) is 4.89. The van der Waals surface area contributed by atoms with Crippen molar-refractivity contribution in [2.75, 3.05) is 0 Å². The van der Waals surface area contributed by atoms with Gasteiger partial charge >= 0.3 is 0 Å². The van der Waals surface area contributed by atoms with E-state index in [2.05, 4.69) is 54.0 Å². The lowest BCUT2D eigenvalue weighted by atomic mass is 10.0. The van der Waals surface area contributed by atoms with E-state index < -0.39 is 7.14 Å². The van der Waals surface area contributed by atoms with Crippen LogP contribution in [0.2, 0.25) is 0 Å². The van der Waals surface area contributed by atoms with Crippen LogP contribution in [0.4, 0.5) is 0 Å². The maximum Gasteiger partial charge on any atom is 0.178 e. The van der Waals surface area contributed by atoms with Crippen LogP contribution in [-0.4, -0.2) is 9.55 Å². The molecule has 1 atom stereocenters. The van der Waals surface area contributed by atoms with Gasteiger partial charge in [-0.2, -0.15) is 0 Å². The molecule has 0 radical (unpaired) electrons. The molecule has 4 nitrogen and oxygen atoms in total. The van der Waals surface area contributed by atoms with Gasteiger partial charge in [0.2, 0.25) is 0 Å². The predicted molar refractivity (Wildman–Crippen MR) is 156 cm³/mol. The van der Waals surface area contributed by atoms with Crippen molar-refractivity contribution in [1.82, 2.24) is 9.55 Å². The van der Waals surface area contributed by atoms with E-state index in [1.165, 1.54) is 0 Å². The molecular formula is C33H25N2O2P. The van der Waals surface area contributed by atoms with Crippen molar-refractivity contribution in [3.8, 4) is 34.0 Å². The Morgan fingerprint density at radius 2 is 1.34 bits per heavy atom. The predicted octanol–water partition coefficient (Wildman–Crippen LogP) is 7.14. The van der Waals surface area contributed by atoms with Crippen molar-refractivity contribution in [3.63, 3.8) is 0 Å². The summed E-state index contributed by atoms with van der Waals surface area (Å²) in [7, 11) is -3.06. The molecule has 184 valence electrons. The lowest BCUT2D eigenvalue weighted by molar-refractivity contribution is 0.485. The average molecular weight is 513 g/mol. The molecule has 1 unspecified atom stereocenters. The number of aryl methyl sites for hydroxylation is 1. The minimum Gasteiger partial charge on any atom is -0.456 e. The molecule has 0 fully saturated rings. The molecule has 1 aliphatic rings. The second-order valence-corrected chi connectivity index (χ2v) is 12.1. The van der Waals surface area contributed by atoms with Crippen LogP contribution in [-0.2, 0) is 11.1 Å². The summed E-state index contributed by atoms with van der Waals surface area (Å²) in [6, 6.07) is 40.1. The highest BCUT2D eigenvalue weighted by Crippen LogP contribution is 2.51. The zero-order valence-corrected chi connectivity index (χ0v) is 21.8. The molecule has 0 N–H and O–H groups in total. The fraction of sp³-hybridized carbons (Fsp3) is 0.0606. The smallest absolute Gasteiger partial charge is 0.178 e. The van der Waals surface area contributed by atoms with Gasteiger partial charge in [0.1, 0.15) is 17.3 Å². The topological polar surface area (TPSA) is 44.1 Å². The van der Waals surface area contributed by atoms with Gasteiger partial charge in [0.05, 0.1) is 21.6 Å². The SMILES string of the molecule is CCn1c(-c2ccc(-c3ccc4c(c3)Oc3ccccc3P4(=O)c3ccccc3)cc2)nc2ccccc21. The molecule has 5 aromatic carbocycles. The lowest BCUT2D eigenvalue weighted by Gasteiger charge is -2.29. The van der Waals surface area contributed by atoms with Crippen molar-refractivity contribution in [2.24, 2.45) is 0 Å². The van der Waals surface area contributed by atoms with Gasteiger partial charge in [0.15, 0.2) is 7.14 Å². The number of fused-ring (bicyclic) bond motifs is 3. The third-order valence-corrected chi connectivity index (χ3v) is 10.4. The number of rotatable bonds is 4. The minimum absolute atomic E-state index is 0.644. The molecule has 0 aliphatic carbocycles. The monoisotopic (exact) mass is 512 g/mol. The molecule has 1 aromatic heterocycles. The van der Waals surface area contributed by atoms with Gasteiger partial charge in [0, 0.05) is 17.4 Å². The van der Waals surface area contributed by atoms with Crippen molar-refractivity contribution >= 4 is 34.1 Å². The molecule has 5 heteroatoms. The summed E-state index contributed by atoms with van der Waals surface area (Å²) in [5.41, 5.74) is 5.29. The number of hydrogen-bond acceptors (Lipinski definition) is 3. The van der Waals surface area contributed by atoms with Crippen LogP contribution < -0.4 is 20.7 Å². The third-order valence-electron chi connectivity index (χ3n) is 7.29. The number of hydrogen-bond donors (Lipinski definition) is 0. The molecule has 7 rings (SSSR count). The van der Waals surface area contributed by atoms with E-state index >= 15 is 0 Å². The summed E-state index contributed by atoms with van der Waals surface area (Å²) in [6.07, 6.45) is 0. The summed E-state index contributed by atoms with van der Waals surface area (Å²) in [6.45, 7) is 2.99. The van der Waals surface area contributed by atoms with Crippen LogP contribution in [0.3, 0.4) is 0 Å². The summed E-state index contributed by atoms with van der Waals surface area (Å²) in [5.74, 6) is 2.26. The normalized spacial score (nSPS) is 16.0. The van der Waals surface area contributed by atoms with E-state index in [4.69, 9.17) is 9.72 Å². The number of imidazole rings is 1. The van der Waals surface area contributed by atoms with E-state index in [-0.39, 0.29) is 0 Å². The molecular weight excluding hydrogens is 487 g/mol. The lowest BCUT2D eigenvalue weighted by Crippen LogP contribution is -2.30. The molecule has 0 saturated heterocycles. The average Bonchev–Trinajstić information content (AvgIpc) is 3.36. The quantitative estimate of drug-likeness (QED) is 0.236. The highest BCUT2D eigenvalue weighted by atomic mass is 31.2. The van der Waals surface area contributed by atoms with Gasteiger partial charge in [-0.25, -0.2) is 4.98 Å². The second-order valence-electron chi connectivity index (χ2n) is 9.44. The molecule has 6 aromatic rings. The van der Waals surface area contributed by atoms with Gasteiger partial charge < -0.3 is 13.9 Å². The van der Waals surface area contributed by atoms with Gasteiger partial charge in [0.25, 0.3) is 0 Å². The number of ether oxygens (including phenoxy) is 1. The Hall–Kier alpha value is -4.40. The maximum absolute atomic E-state index is 14.8. The van der Waals surface area contributed by atoms with Crippen LogP contribution in [0, 0.1) is 0 Å². The van der Waals surface area contributed by atoms with E-state index in [0.29, 0.717) is 11.5 Å². The van der Waals surface area contributed by atoms with E-state index in [1.807, 2.05) is 78.9 Å². The van der Waals surface area contributed by atoms with E-state index in [9.17, 15) is 4.57 Å². The van der Waals surface area contributed by atoms with Crippen LogP contribution in [0.25, 0.3) is 33.5 Å². The molecule has 0 saturated carbocycles. The number of nitrogens with zero attached hydrogens (tertiary/aromatic N) is 2. The second kappa shape index (κ2) is 8.86. The van der Waals surface area contributed by atoms with E-state index in [1.54, 1.807) is 0 Å². The van der Waals surface area contributed by atoms with Gasteiger partial charge in [-0.1, -0.05) is 84.9 Å². The first kappa shape index (κ1) is 22.8. The molecule has 0 bridgehead atoms. The van der Waals surface area contributed by atoms with Gasteiger partial charge in [-0.05, 0) is 54.4 Å². The van der Waals surface area contributed by atoms with Crippen molar-refractivity contribution < 1.29 is 9.30 Å². The standard InChI is InChI=1S/C33H25N2O2P/c1-2-35-28-13-7-6-12-27(28)34-33(35)24-18-16-23(17-19-24)25-20-21-32-30(22-25)37-29-14-8-9-15-31(29)38(32,36)26-10-4-3-5-11-26/h3-22H,2H2,1H3. The Morgan fingerprint density at radius 1 is 0.684 bits per heavy atom. The van der Waals surface area contributed by atoms with Crippen molar-refractivity contribution in [3.05, 3.63) is 121 Å². The van der Waals surface area contributed by atoms with Crippen LogP contribution in [0.5, 0.6) is 11.5 Å². The number of benzene rings is 5. The summed E-state index contributed by atoms with van der Waals surface area (Å²) in [5, 5.41) is 2.29. The van der Waals surface area contributed by atoms with Crippen LogP contribution >= 0.6 is 7.14 Å². The highest BCUT2D eigenvalue weighted by Gasteiger charge is 2.38. The summed E-state index contributed by atoms with van der Waals surface area (Å²) >= 11 is 0. The summed E-state index contributed by atoms with van der Waals surface area (Å²) < 4.78 is 23.3. The molecule has 2 heterocycles. The first-order chi connectivity index (χ1) is 18.7. The maximum atomic E-state index is 14.8. The Bertz CT molecular complexity index is 1860. The Labute approximate surface area is 221 Å². The Morgan fingerprint density at radius 3 is 2.16 bits per heavy atom. The number of para-hydroxylation sites is 3. The number of aromatic nitrogens is 2. The van der Waals surface area contributed by atoms with Crippen molar-refractivity contribution in [1.29, 1.82) is 0 Å². The third kappa shape index (κ3) is 3.45. The molecule has 0 amide bonds. The molecule has 1 aliphatic heterocycles. The zero-order valence-electron chi connectivity index (χ0n) is 20.9. The molecule has 0 spiro atoms. The molecule has 38 heavy (non-hydrogen) atoms. The first-order valence-electron chi connectivity index (χ1n) is 12.8. The van der Waals surface area contributed by atoms with E-state index in [0.717, 1.165) is 56.0 Å². The first-order valence-corrected chi connectivity index (χ1v) is 14.5.